The van der Waals surface area contributed by atoms with E-state index in [2.05, 4.69) is 43.7 Å². The van der Waals surface area contributed by atoms with Crippen molar-refractivity contribution in [1.82, 2.24) is 30.3 Å². The van der Waals surface area contributed by atoms with Gasteiger partial charge in [0, 0.05) is 43.1 Å². The maximum absolute atomic E-state index is 5.67. The molecule has 5 heterocycles. The summed E-state index contributed by atoms with van der Waals surface area (Å²) in [6.45, 7) is 3.27. The summed E-state index contributed by atoms with van der Waals surface area (Å²) in [5.41, 5.74) is 4.96. The molecule has 8 heteroatoms. The number of hydrogen-bond acceptors (Lipinski definition) is 7. The van der Waals surface area contributed by atoms with Gasteiger partial charge in [-0.05, 0) is 68.2 Å². The lowest BCUT2D eigenvalue weighted by molar-refractivity contribution is -0.0851. The van der Waals surface area contributed by atoms with E-state index in [4.69, 9.17) is 9.72 Å². The van der Waals surface area contributed by atoms with Gasteiger partial charge in [0.15, 0.2) is 5.54 Å². The fourth-order valence-corrected chi connectivity index (χ4v) is 5.64. The lowest BCUT2D eigenvalue weighted by Crippen LogP contribution is -2.53. The van der Waals surface area contributed by atoms with Crippen LogP contribution in [0.4, 0.5) is 5.69 Å². The minimum atomic E-state index is -0.401. The first-order valence-corrected chi connectivity index (χ1v) is 13.2. The number of ether oxygens (including phenoxy) is 1. The molecule has 8 nitrogen and oxygen atoms in total. The summed E-state index contributed by atoms with van der Waals surface area (Å²) < 4.78 is 7.62. The number of nitrogens with one attached hydrogen (secondary N) is 1. The third-order valence-corrected chi connectivity index (χ3v) is 8.31. The highest BCUT2D eigenvalue weighted by atomic mass is 16.5. The van der Waals surface area contributed by atoms with Gasteiger partial charge < -0.3 is 15.0 Å². The molecule has 4 aliphatic rings. The predicted octanol–water partition coefficient (Wildman–Crippen LogP) is 3.50. The summed E-state index contributed by atoms with van der Waals surface area (Å²) in [6.07, 6.45) is 17.0. The third kappa shape index (κ3) is 4.02. The van der Waals surface area contributed by atoms with Crippen LogP contribution in [0, 0.1) is 0 Å². The molecule has 0 amide bonds. The Bertz CT molecular complexity index is 1180. The van der Waals surface area contributed by atoms with Crippen molar-refractivity contribution in [2.24, 2.45) is 0 Å². The summed E-state index contributed by atoms with van der Waals surface area (Å²) in [5.74, 6) is 0.663. The van der Waals surface area contributed by atoms with Crippen LogP contribution in [0.25, 0.3) is 11.3 Å². The molecular formula is C27H33N7O. The van der Waals surface area contributed by atoms with E-state index in [1.165, 1.54) is 56.2 Å². The number of piperidine rings is 1. The molecule has 2 saturated heterocycles. The van der Waals surface area contributed by atoms with E-state index in [9.17, 15) is 0 Å². The first-order chi connectivity index (χ1) is 17.3. The van der Waals surface area contributed by atoms with E-state index >= 15 is 0 Å². The molecule has 2 aliphatic heterocycles. The smallest absolute Gasteiger partial charge is 0.152 e. The van der Waals surface area contributed by atoms with Crippen LogP contribution in [0.1, 0.15) is 62.1 Å². The van der Waals surface area contributed by atoms with Crippen LogP contribution < -0.4 is 10.2 Å². The number of hydrogen-bond donors (Lipinski definition) is 1. The summed E-state index contributed by atoms with van der Waals surface area (Å²) in [5, 5.41) is 12.9. The number of anilines is 1. The molecule has 3 aromatic heterocycles. The zero-order valence-electron chi connectivity index (χ0n) is 20.1. The molecule has 2 saturated carbocycles. The largest absolute Gasteiger partial charge is 0.375 e. The average molecular weight is 472 g/mol. The first-order valence-electron chi connectivity index (χ1n) is 13.2. The quantitative estimate of drug-likeness (QED) is 0.565. The molecule has 2 aliphatic carbocycles. The second-order valence-corrected chi connectivity index (χ2v) is 10.8. The number of pyridine rings is 2. The fraction of sp³-hybridized carbons (Fsp3) is 0.556. The van der Waals surface area contributed by atoms with E-state index in [-0.39, 0.29) is 0 Å². The SMILES string of the molecule is c1ncc(C2CC2)cc1-c1cn(C2(c3ccc(N4CCCC(NC5CCC5)C4)cn3)COC2)nn1. The van der Waals surface area contributed by atoms with Gasteiger partial charge in [-0.1, -0.05) is 11.6 Å². The zero-order chi connectivity index (χ0) is 23.2. The van der Waals surface area contributed by atoms with Gasteiger partial charge in [0.2, 0.25) is 0 Å². The van der Waals surface area contributed by atoms with Crippen LogP contribution in [0.5, 0.6) is 0 Å². The minimum Gasteiger partial charge on any atom is -0.375 e. The van der Waals surface area contributed by atoms with E-state index in [1.807, 2.05) is 29.5 Å². The van der Waals surface area contributed by atoms with Gasteiger partial charge >= 0.3 is 0 Å². The Labute approximate surface area is 206 Å². The van der Waals surface area contributed by atoms with Gasteiger partial charge in [-0.3, -0.25) is 9.97 Å². The normalized spacial score (nSPS) is 24.1. The zero-order valence-corrected chi connectivity index (χ0v) is 20.1. The van der Waals surface area contributed by atoms with E-state index in [1.54, 1.807) is 0 Å². The molecule has 35 heavy (non-hydrogen) atoms. The van der Waals surface area contributed by atoms with Gasteiger partial charge in [-0.25, -0.2) is 4.68 Å². The highest BCUT2D eigenvalue weighted by Crippen LogP contribution is 2.41. The second kappa shape index (κ2) is 8.68. The van der Waals surface area contributed by atoms with Gasteiger partial charge in [0.1, 0.15) is 5.69 Å². The van der Waals surface area contributed by atoms with Crippen molar-refractivity contribution in [1.29, 1.82) is 0 Å². The number of aromatic nitrogens is 5. The lowest BCUT2D eigenvalue weighted by Gasteiger charge is -2.41. The Morgan fingerprint density at radius 2 is 1.86 bits per heavy atom. The molecular weight excluding hydrogens is 438 g/mol. The Morgan fingerprint density at radius 3 is 2.57 bits per heavy atom. The maximum Gasteiger partial charge on any atom is 0.152 e. The molecule has 0 spiro atoms. The van der Waals surface area contributed by atoms with Crippen molar-refractivity contribution in [2.45, 2.75) is 68.5 Å². The van der Waals surface area contributed by atoms with Gasteiger partial charge in [0.05, 0.1) is 37.0 Å². The van der Waals surface area contributed by atoms with Gasteiger partial charge in [0.25, 0.3) is 0 Å². The Kier molecular flexibility index (Phi) is 5.31. The van der Waals surface area contributed by atoms with Crippen LogP contribution in [0.3, 0.4) is 0 Å². The van der Waals surface area contributed by atoms with Gasteiger partial charge in [-0.15, -0.1) is 5.10 Å². The molecule has 7 rings (SSSR count). The Hall–Kier alpha value is -2.84. The molecule has 1 atom stereocenters. The summed E-state index contributed by atoms with van der Waals surface area (Å²) in [7, 11) is 0. The molecule has 0 aromatic carbocycles. The highest BCUT2D eigenvalue weighted by Gasteiger charge is 2.45. The van der Waals surface area contributed by atoms with Crippen LogP contribution in [-0.2, 0) is 10.3 Å². The molecule has 182 valence electrons. The molecule has 1 unspecified atom stereocenters. The number of rotatable bonds is 7. The van der Waals surface area contributed by atoms with E-state index in [0.29, 0.717) is 25.2 Å². The van der Waals surface area contributed by atoms with Crippen molar-refractivity contribution in [3.8, 4) is 11.3 Å². The fourth-order valence-electron chi connectivity index (χ4n) is 5.64. The summed E-state index contributed by atoms with van der Waals surface area (Å²) in [6, 6.07) is 7.90. The average Bonchev–Trinajstić information content (AvgIpc) is 3.59. The standard InChI is InChI=1S/C27H33N7O/c1-3-22(4-1)30-23-5-2-10-33(15-23)24-8-9-26(29-14-24)27(17-35-18-27)34-16-25(31-32-34)21-11-20(12-28-13-21)19-6-7-19/h8-9,11-14,16,19,22-23,30H,1-7,10,15,17-18H2. The van der Waals surface area contributed by atoms with Crippen LogP contribution in [0.2, 0.25) is 0 Å². The molecule has 0 radical (unpaired) electrons. The van der Waals surface area contributed by atoms with Crippen LogP contribution >= 0.6 is 0 Å². The molecule has 0 bridgehead atoms. The Balaban J connectivity index is 1.09. The number of nitrogens with zero attached hydrogens (tertiary/aromatic N) is 6. The molecule has 3 aromatic rings. The lowest BCUT2D eigenvalue weighted by atomic mass is 9.91. The highest BCUT2D eigenvalue weighted by molar-refractivity contribution is 5.58. The van der Waals surface area contributed by atoms with Crippen molar-refractivity contribution >= 4 is 5.69 Å². The van der Waals surface area contributed by atoms with E-state index in [0.717, 1.165) is 36.1 Å². The summed E-state index contributed by atoms with van der Waals surface area (Å²) in [4.78, 5) is 11.8. The van der Waals surface area contributed by atoms with Crippen LogP contribution in [-0.4, -0.2) is 63.3 Å². The van der Waals surface area contributed by atoms with Crippen molar-refractivity contribution in [2.75, 3.05) is 31.2 Å². The first kappa shape index (κ1) is 21.4. The maximum atomic E-state index is 5.67. The summed E-state index contributed by atoms with van der Waals surface area (Å²) >= 11 is 0. The van der Waals surface area contributed by atoms with E-state index < -0.39 is 5.54 Å². The minimum absolute atomic E-state index is 0.401. The topological polar surface area (TPSA) is 81.0 Å². The Morgan fingerprint density at radius 1 is 0.971 bits per heavy atom. The predicted molar refractivity (Wildman–Crippen MR) is 133 cm³/mol. The third-order valence-electron chi connectivity index (χ3n) is 8.31. The van der Waals surface area contributed by atoms with Crippen molar-refractivity contribution < 1.29 is 4.74 Å². The molecule has 4 fully saturated rings. The van der Waals surface area contributed by atoms with Crippen molar-refractivity contribution in [3.05, 3.63) is 54.2 Å². The van der Waals surface area contributed by atoms with Crippen molar-refractivity contribution in [3.63, 3.8) is 0 Å². The van der Waals surface area contributed by atoms with Crippen LogP contribution in [0.15, 0.2) is 43.0 Å². The van der Waals surface area contributed by atoms with Gasteiger partial charge in [-0.2, -0.15) is 0 Å². The second-order valence-electron chi connectivity index (χ2n) is 10.8. The monoisotopic (exact) mass is 471 g/mol. The molecule has 1 N–H and O–H groups in total.